The smallest absolute Gasteiger partial charge is 0.268 e. The summed E-state index contributed by atoms with van der Waals surface area (Å²) in [6.45, 7) is 2.00. The SMILES string of the molecule is Cc1ccc(C=CC(=O)NNC(=O)c2ccc(Br)s2)s1. The standard InChI is InChI=1S/C13H11BrN2O2S2/c1-8-2-3-9(19-8)4-7-12(17)15-16-13(18)10-5-6-11(14)20-10/h2-7H,1H3,(H,15,17)(H,16,18). The number of halogens is 1. The number of thiophene rings is 2. The van der Waals surface area contributed by atoms with E-state index in [1.54, 1.807) is 29.5 Å². The summed E-state index contributed by atoms with van der Waals surface area (Å²) in [5, 5.41) is 0. The molecule has 0 atom stereocenters. The second kappa shape index (κ2) is 6.83. The van der Waals surface area contributed by atoms with Gasteiger partial charge in [-0.05, 0) is 53.2 Å². The lowest BCUT2D eigenvalue weighted by Gasteiger charge is -2.02. The zero-order valence-corrected chi connectivity index (χ0v) is 13.7. The maximum atomic E-state index is 11.7. The van der Waals surface area contributed by atoms with Crippen LogP contribution in [0.25, 0.3) is 6.08 Å². The minimum atomic E-state index is -0.375. The molecule has 0 aromatic carbocycles. The van der Waals surface area contributed by atoms with Gasteiger partial charge >= 0.3 is 0 Å². The molecule has 2 aromatic rings. The van der Waals surface area contributed by atoms with Crippen molar-refractivity contribution in [1.82, 2.24) is 10.9 Å². The van der Waals surface area contributed by atoms with Crippen molar-refractivity contribution in [1.29, 1.82) is 0 Å². The summed E-state index contributed by atoms with van der Waals surface area (Å²) in [5.74, 6) is -0.713. The van der Waals surface area contributed by atoms with Gasteiger partial charge in [0, 0.05) is 15.8 Å². The van der Waals surface area contributed by atoms with Crippen molar-refractivity contribution in [2.24, 2.45) is 0 Å². The molecule has 2 rings (SSSR count). The first-order chi connectivity index (χ1) is 9.54. The predicted octanol–water partition coefficient (Wildman–Crippen LogP) is 3.35. The first-order valence-electron chi connectivity index (χ1n) is 5.65. The van der Waals surface area contributed by atoms with Gasteiger partial charge in [-0.1, -0.05) is 0 Å². The highest BCUT2D eigenvalue weighted by atomic mass is 79.9. The Morgan fingerprint density at radius 2 is 1.95 bits per heavy atom. The second-order valence-corrected chi connectivity index (χ2v) is 7.61. The molecule has 2 amide bonds. The van der Waals surface area contributed by atoms with Crippen LogP contribution >= 0.6 is 38.6 Å². The monoisotopic (exact) mass is 370 g/mol. The van der Waals surface area contributed by atoms with E-state index in [0.29, 0.717) is 4.88 Å². The summed E-state index contributed by atoms with van der Waals surface area (Å²) < 4.78 is 0.863. The van der Waals surface area contributed by atoms with Crippen LogP contribution in [0.15, 0.2) is 34.1 Å². The van der Waals surface area contributed by atoms with Gasteiger partial charge in [-0.15, -0.1) is 22.7 Å². The van der Waals surface area contributed by atoms with Gasteiger partial charge in [-0.3, -0.25) is 20.4 Å². The summed E-state index contributed by atoms with van der Waals surface area (Å²) in [6, 6.07) is 7.38. The molecule has 0 fully saturated rings. The van der Waals surface area contributed by atoms with E-state index < -0.39 is 0 Å². The lowest BCUT2D eigenvalue weighted by Crippen LogP contribution is -2.40. The van der Waals surface area contributed by atoms with E-state index in [9.17, 15) is 9.59 Å². The van der Waals surface area contributed by atoms with Gasteiger partial charge in [-0.2, -0.15) is 0 Å². The first kappa shape index (κ1) is 15.0. The normalized spacial score (nSPS) is 10.7. The van der Waals surface area contributed by atoms with Crippen LogP contribution in [0.5, 0.6) is 0 Å². The van der Waals surface area contributed by atoms with E-state index in [-0.39, 0.29) is 11.8 Å². The molecule has 104 valence electrons. The first-order valence-corrected chi connectivity index (χ1v) is 8.07. The lowest BCUT2D eigenvalue weighted by atomic mass is 10.4. The third-order valence-corrected chi connectivity index (χ3v) is 4.84. The number of amides is 2. The number of rotatable bonds is 3. The highest BCUT2D eigenvalue weighted by molar-refractivity contribution is 9.11. The Kier molecular flexibility index (Phi) is 5.11. The van der Waals surface area contributed by atoms with Crippen molar-refractivity contribution in [3.05, 3.63) is 48.8 Å². The van der Waals surface area contributed by atoms with Crippen molar-refractivity contribution in [2.45, 2.75) is 6.92 Å². The molecule has 20 heavy (non-hydrogen) atoms. The fraction of sp³-hybridized carbons (Fsp3) is 0.0769. The van der Waals surface area contributed by atoms with E-state index in [1.807, 2.05) is 19.1 Å². The van der Waals surface area contributed by atoms with E-state index in [1.165, 1.54) is 22.3 Å². The molecule has 0 saturated heterocycles. The zero-order chi connectivity index (χ0) is 14.5. The van der Waals surface area contributed by atoms with Gasteiger partial charge in [0.15, 0.2) is 0 Å². The molecule has 0 unspecified atom stereocenters. The van der Waals surface area contributed by atoms with Crippen LogP contribution in [0, 0.1) is 6.92 Å². The molecule has 0 aliphatic heterocycles. The highest BCUT2D eigenvalue weighted by Gasteiger charge is 2.08. The molecular formula is C13H11BrN2O2S2. The average Bonchev–Trinajstić information content (AvgIpc) is 3.02. The van der Waals surface area contributed by atoms with Gasteiger partial charge < -0.3 is 0 Å². The Hall–Kier alpha value is -1.44. The third kappa shape index (κ3) is 4.29. The lowest BCUT2D eigenvalue weighted by molar-refractivity contribution is -0.117. The van der Waals surface area contributed by atoms with Crippen LogP contribution in [-0.4, -0.2) is 11.8 Å². The van der Waals surface area contributed by atoms with Crippen molar-refractivity contribution in [2.75, 3.05) is 0 Å². The highest BCUT2D eigenvalue weighted by Crippen LogP contribution is 2.21. The summed E-state index contributed by atoms with van der Waals surface area (Å²) >= 11 is 6.17. The number of hydrogen-bond donors (Lipinski definition) is 2. The van der Waals surface area contributed by atoms with Gasteiger partial charge in [0.1, 0.15) is 0 Å². The molecule has 0 radical (unpaired) electrons. The number of nitrogens with one attached hydrogen (secondary N) is 2. The van der Waals surface area contributed by atoms with Crippen LogP contribution in [0.1, 0.15) is 19.4 Å². The maximum Gasteiger partial charge on any atom is 0.279 e. The number of aryl methyl sites for hydroxylation is 1. The molecule has 2 aromatic heterocycles. The Balaban J connectivity index is 1.83. The fourth-order valence-corrected chi connectivity index (χ4v) is 3.42. The van der Waals surface area contributed by atoms with Gasteiger partial charge in [-0.25, -0.2) is 0 Å². The Labute approximate surface area is 132 Å². The fourth-order valence-electron chi connectivity index (χ4n) is 1.36. The van der Waals surface area contributed by atoms with Gasteiger partial charge in [0.2, 0.25) is 0 Å². The predicted molar refractivity (Wildman–Crippen MR) is 85.7 cm³/mol. The van der Waals surface area contributed by atoms with Crippen LogP contribution in [0.2, 0.25) is 0 Å². The summed E-state index contributed by atoms with van der Waals surface area (Å²) in [4.78, 5) is 25.9. The molecule has 0 saturated carbocycles. The van der Waals surface area contributed by atoms with Crippen molar-refractivity contribution in [3.63, 3.8) is 0 Å². The molecule has 0 spiro atoms. The molecule has 7 heteroatoms. The summed E-state index contributed by atoms with van der Waals surface area (Å²) in [5.41, 5.74) is 4.69. The summed E-state index contributed by atoms with van der Waals surface area (Å²) in [6.07, 6.45) is 3.09. The van der Waals surface area contributed by atoms with Crippen molar-refractivity contribution < 1.29 is 9.59 Å². The Morgan fingerprint density at radius 3 is 2.55 bits per heavy atom. The number of hydrogen-bond acceptors (Lipinski definition) is 4. The molecule has 2 heterocycles. The van der Waals surface area contributed by atoms with Crippen molar-refractivity contribution in [3.8, 4) is 0 Å². The van der Waals surface area contributed by atoms with Crippen molar-refractivity contribution >= 4 is 56.5 Å². The van der Waals surface area contributed by atoms with Crippen LogP contribution in [0.4, 0.5) is 0 Å². The molecule has 0 aliphatic rings. The minimum Gasteiger partial charge on any atom is -0.268 e. The number of hydrazine groups is 1. The van der Waals surface area contributed by atoms with Gasteiger partial charge in [0.25, 0.3) is 11.8 Å². The Bertz CT molecular complexity index is 661. The topological polar surface area (TPSA) is 58.2 Å². The summed E-state index contributed by atoms with van der Waals surface area (Å²) in [7, 11) is 0. The van der Waals surface area contributed by atoms with E-state index >= 15 is 0 Å². The van der Waals surface area contributed by atoms with Crippen LogP contribution in [-0.2, 0) is 4.79 Å². The van der Waals surface area contributed by atoms with Gasteiger partial charge in [0.05, 0.1) is 8.66 Å². The van der Waals surface area contributed by atoms with E-state index in [0.717, 1.165) is 8.66 Å². The number of carbonyl (C=O) groups excluding carboxylic acids is 2. The zero-order valence-electron chi connectivity index (χ0n) is 10.5. The van der Waals surface area contributed by atoms with Crippen LogP contribution < -0.4 is 10.9 Å². The third-order valence-electron chi connectivity index (χ3n) is 2.26. The molecule has 2 N–H and O–H groups in total. The molecular weight excluding hydrogens is 360 g/mol. The largest absolute Gasteiger partial charge is 0.279 e. The molecule has 0 bridgehead atoms. The average molecular weight is 371 g/mol. The van der Waals surface area contributed by atoms with Crippen LogP contribution in [0.3, 0.4) is 0 Å². The Morgan fingerprint density at radius 1 is 1.15 bits per heavy atom. The number of carbonyl (C=O) groups is 2. The van der Waals surface area contributed by atoms with E-state index in [4.69, 9.17) is 0 Å². The van der Waals surface area contributed by atoms with E-state index in [2.05, 4.69) is 26.8 Å². The molecule has 4 nitrogen and oxygen atoms in total. The minimum absolute atomic E-state index is 0.339. The second-order valence-electron chi connectivity index (χ2n) is 3.83. The quantitative estimate of drug-likeness (QED) is 0.642. The molecule has 0 aliphatic carbocycles. The maximum absolute atomic E-state index is 11.7.